The number of anilines is 1. The number of halogens is 2. The Labute approximate surface area is 148 Å². The van der Waals surface area contributed by atoms with Gasteiger partial charge in [0.25, 0.3) is 0 Å². The standard InChI is InChI=1S/C19H22Cl2N2/c1-14-6-8-16(9-7-14)23-11-10-22(12-15(23)2)13-17-18(20)4-3-5-19(17)21/h3-9,15H,10-13H2,1-2H3. The maximum absolute atomic E-state index is 6.30. The van der Waals surface area contributed by atoms with Gasteiger partial charge in [0.2, 0.25) is 0 Å². The molecule has 23 heavy (non-hydrogen) atoms. The molecule has 0 radical (unpaired) electrons. The third-order valence-electron chi connectivity index (χ3n) is 4.52. The van der Waals surface area contributed by atoms with E-state index in [9.17, 15) is 0 Å². The molecule has 2 aromatic carbocycles. The van der Waals surface area contributed by atoms with E-state index in [1.165, 1.54) is 11.3 Å². The third-order valence-corrected chi connectivity index (χ3v) is 5.23. The van der Waals surface area contributed by atoms with Crippen LogP contribution in [0.5, 0.6) is 0 Å². The van der Waals surface area contributed by atoms with Crippen LogP contribution < -0.4 is 4.90 Å². The predicted molar refractivity (Wildman–Crippen MR) is 99.7 cm³/mol. The molecule has 2 nitrogen and oxygen atoms in total. The highest BCUT2D eigenvalue weighted by Crippen LogP contribution is 2.27. The highest BCUT2D eigenvalue weighted by atomic mass is 35.5. The normalized spacial score (nSPS) is 19.1. The van der Waals surface area contributed by atoms with E-state index in [1.807, 2.05) is 18.2 Å². The molecule has 1 unspecified atom stereocenters. The lowest BCUT2D eigenvalue weighted by molar-refractivity contribution is 0.221. The summed E-state index contributed by atoms with van der Waals surface area (Å²) >= 11 is 12.6. The summed E-state index contributed by atoms with van der Waals surface area (Å²) in [6.45, 7) is 8.25. The summed E-state index contributed by atoms with van der Waals surface area (Å²) in [4.78, 5) is 4.91. The predicted octanol–water partition coefficient (Wildman–Crippen LogP) is 5.01. The quantitative estimate of drug-likeness (QED) is 0.768. The Morgan fingerprint density at radius 3 is 2.26 bits per heavy atom. The van der Waals surface area contributed by atoms with Crippen molar-refractivity contribution < 1.29 is 0 Å². The summed E-state index contributed by atoms with van der Waals surface area (Å²) in [6.07, 6.45) is 0. The number of benzene rings is 2. The van der Waals surface area contributed by atoms with Crippen LogP contribution in [0.1, 0.15) is 18.1 Å². The van der Waals surface area contributed by atoms with Gasteiger partial charge >= 0.3 is 0 Å². The molecule has 1 atom stereocenters. The van der Waals surface area contributed by atoms with Gasteiger partial charge in [-0.15, -0.1) is 0 Å². The minimum Gasteiger partial charge on any atom is -0.366 e. The van der Waals surface area contributed by atoms with Crippen LogP contribution in [0.15, 0.2) is 42.5 Å². The molecule has 1 aliphatic heterocycles. The van der Waals surface area contributed by atoms with E-state index < -0.39 is 0 Å². The highest BCUT2D eigenvalue weighted by molar-refractivity contribution is 6.35. The maximum atomic E-state index is 6.30. The van der Waals surface area contributed by atoms with Crippen LogP contribution >= 0.6 is 23.2 Å². The van der Waals surface area contributed by atoms with Crippen LogP contribution in [-0.4, -0.2) is 30.6 Å². The van der Waals surface area contributed by atoms with Crippen molar-refractivity contribution in [2.24, 2.45) is 0 Å². The fourth-order valence-electron chi connectivity index (χ4n) is 3.20. The first-order valence-corrected chi connectivity index (χ1v) is 8.79. The number of rotatable bonds is 3. The van der Waals surface area contributed by atoms with Crippen LogP contribution in [0, 0.1) is 6.92 Å². The van der Waals surface area contributed by atoms with Gasteiger partial charge in [0.05, 0.1) is 0 Å². The van der Waals surface area contributed by atoms with Crippen LogP contribution in [0.25, 0.3) is 0 Å². The third kappa shape index (κ3) is 3.82. The lowest BCUT2D eigenvalue weighted by Gasteiger charge is -2.41. The zero-order valence-electron chi connectivity index (χ0n) is 13.6. The fraction of sp³-hybridized carbons (Fsp3) is 0.368. The van der Waals surface area contributed by atoms with E-state index in [-0.39, 0.29) is 0 Å². The molecule has 1 fully saturated rings. The molecule has 122 valence electrons. The lowest BCUT2D eigenvalue weighted by Crippen LogP contribution is -2.51. The summed E-state index contributed by atoms with van der Waals surface area (Å²) in [7, 11) is 0. The summed E-state index contributed by atoms with van der Waals surface area (Å²) in [5.41, 5.74) is 3.64. The summed E-state index contributed by atoms with van der Waals surface area (Å²) in [6, 6.07) is 15.0. The second-order valence-electron chi connectivity index (χ2n) is 6.31. The van der Waals surface area contributed by atoms with E-state index in [4.69, 9.17) is 23.2 Å². The zero-order valence-corrected chi connectivity index (χ0v) is 15.1. The van der Waals surface area contributed by atoms with Gasteiger partial charge < -0.3 is 4.90 Å². The van der Waals surface area contributed by atoms with E-state index in [0.717, 1.165) is 41.8 Å². The number of hydrogen-bond acceptors (Lipinski definition) is 2. The van der Waals surface area contributed by atoms with Crippen molar-refractivity contribution in [3.05, 3.63) is 63.6 Å². The molecule has 0 aliphatic carbocycles. The van der Waals surface area contributed by atoms with Crippen LogP contribution in [-0.2, 0) is 6.54 Å². The molecular weight excluding hydrogens is 327 g/mol. The molecule has 3 rings (SSSR count). The van der Waals surface area contributed by atoms with E-state index >= 15 is 0 Å². The first-order chi connectivity index (χ1) is 11.0. The molecule has 0 spiro atoms. The molecule has 1 saturated heterocycles. The lowest BCUT2D eigenvalue weighted by atomic mass is 10.1. The first kappa shape index (κ1) is 16.6. The van der Waals surface area contributed by atoms with E-state index in [1.54, 1.807) is 0 Å². The van der Waals surface area contributed by atoms with Gasteiger partial charge in [-0.3, -0.25) is 4.90 Å². The second-order valence-corrected chi connectivity index (χ2v) is 7.13. The Morgan fingerprint density at radius 2 is 1.65 bits per heavy atom. The largest absolute Gasteiger partial charge is 0.366 e. The van der Waals surface area contributed by atoms with Gasteiger partial charge in [0.1, 0.15) is 0 Å². The first-order valence-electron chi connectivity index (χ1n) is 8.03. The van der Waals surface area contributed by atoms with Crippen molar-refractivity contribution in [2.45, 2.75) is 26.4 Å². The minimum atomic E-state index is 0.465. The molecule has 0 amide bonds. The molecule has 1 heterocycles. The smallest absolute Gasteiger partial charge is 0.0465 e. The number of piperazine rings is 1. The van der Waals surface area contributed by atoms with Gasteiger partial charge in [0, 0.05) is 53.5 Å². The average Bonchev–Trinajstić information content (AvgIpc) is 2.52. The SMILES string of the molecule is Cc1ccc(N2CCN(Cc3c(Cl)cccc3Cl)CC2C)cc1. The molecular formula is C19H22Cl2N2. The molecule has 0 aromatic heterocycles. The summed E-state index contributed by atoms with van der Waals surface area (Å²) in [5.74, 6) is 0. The molecule has 0 N–H and O–H groups in total. The average molecular weight is 349 g/mol. The van der Waals surface area contributed by atoms with Crippen molar-refractivity contribution in [3.63, 3.8) is 0 Å². The van der Waals surface area contributed by atoms with Gasteiger partial charge in [-0.05, 0) is 38.1 Å². The van der Waals surface area contributed by atoms with Crippen molar-refractivity contribution in [1.82, 2.24) is 4.90 Å². The summed E-state index contributed by atoms with van der Waals surface area (Å²) < 4.78 is 0. The highest BCUT2D eigenvalue weighted by Gasteiger charge is 2.24. The van der Waals surface area contributed by atoms with Gasteiger partial charge in [-0.1, -0.05) is 47.0 Å². The van der Waals surface area contributed by atoms with Crippen LogP contribution in [0.4, 0.5) is 5.69 Å². The Morgan fingerprint density at radius 1 is 1.00 bits per heavy atom. The van der Waals surface area contributed by atoms with E-state index in [0.29, 0.717) is 6.04 Å². The Hall–Kier alpha value is -1.22. The molecule has 0 saturated carbocycles. The number of hydrogen-bond donors (Lipinski definition) is 0. The Balaban J connectivity index is 1.68. The van der Waals surface area contributed by atoms with Crippen LogP contribution in [0.2, 0.25) is 10.0 Å². The molecule has 0 bridgehead atoms. The maximum Gasteiger partial charge on any atom is 0.0465 e. The second kappa shape index (κ2) is 7.12. The number of aryl methyl sites for hydroxylation is 1. The monoisotopic (exact) mass is 348 g/mol. The van der Waals surface area contributed by atoms with Crippen molar-refractivity contribution >= 4 is 28.9 Å². The fourth-order valence-corrected chi connectivity index (χ4v) is 3.72. The van der Waals surface area contributed by atoms with Crippen molar-refractivity contribution in [3.8, 4) is 0 Å². The molecule has 2 aromatic rings. The van der Waals surface area contributed by atoms with Gasteiger partial charge in [0.15, 0.2) is 0 Å². The van der Waals surface area contributed by atoms with Crippen molar-refractivity contribution in [2.75, 3.05) is 24.5 Å². The van der Waals surface area contributed by atoms with Gasteiger partial charge in [-0.2, -0.15) is 0 Å². The minimum absolute atomic E-state index is 0.465. The summed E-state index contributed by atoms with van der Waals surface area (Å²) in [5, 5.41) is 1.51. The van der Waals surface area contributed by atoms with Crippen molar-refractivity contribution in [1.29, 1.82) is 0 Å². The zero-order chi connectivity index (χ0) is 16.4. The van der Waals surface area contributed by atoms with Gasteiger partial charge in [-0.25, -0.2) is 0 Å². The molecule has 1 aliphatic rings. The Bertz CT molecular complexity index is 649. The molecule has 4 heteroatoms. The van der Waals surface area contributed by atoms with E-state index in [2.05, 4.69) is 47.9 Å². The number of nitrogens with zero attached hydrogens (tertiary/aromatic N) is 2. The Kier molecular flexibility index (Phi) is 5.15. The topological polar surface area (TPSA) is 6.48 Å². The van der Waals surface area contributed by atoms with Crippen LogP contribution in [0.3, 0.4) is 0 Å².